The summed E-state index contributed by atoms with van der Waals surface area (Å²) in [6.45, 7) is 1.43. The van der Waals surface area contributed by atoms with Gasteiger partial charge in [0.15, 0.2) is 0 Å². The number of hydrogen-bond acceptors (Lipinski definition) is 2. The zero-order valence-electron chi connectivity index (χ0n) is 13.5. The molecule has 0 aliphatic carbocycles. The highest BCUT2D eigenvalue weighted by atomic mass is 15.0. The highest BCUT2D eigenvalue weighted by molar-refractivity contribution is 5.80. The van der Waals surface area contributed by atoms with Crippen molar-refractivity contribution in [1.29, 1.82) is 0 Å². The highest BCUT2D eigenvalue weighted by Gasteiger charge is 2.16. The number of benzene rings is 2. The fraction of sp³-hybridized carbons (Fsp3) is 0.200. The summed E-state index contributed by atoms with van der Waals surface area (Å²) < 4.78 is 4.38. The minimum absolute atomic E-state index is 0.109. The van der Waals surface area contributed by atoms with Crippen LogP contribution < -0.4 is 11.5 Å². The van der Waals surface area contributed by atoms with Gasteiger partial charge in [-0.05, 0) is 35.0 Å². The third-order valence-electron chi connectivity index (χ3n) is 4.73. The lowest BCUT2D eigenvalue weighted by Crippen LogP contribution is -2.46. The molecule has 2 aromatic heterocycles. The SMILES string of the molecule is N[C@H](Cn1ccc2ccccc21)[C@H](N)Cn1ccc2ccccc21. The van der Waals surface area contributed by atoms with E-state index >= 15 is 0 Å². The van der Waals surface area contributed by atoms with E-state index < -0.39 is 0 Å². The molecule has 0 radical (unpaired) electrons. The average molecular weight is 318 g/mol. The van der Waals surface area contributed by atoms with Gasteiger partial charge in [-0.3, -0.25) is 0 Å². The van der Waals surface area contributed by atoms with Crippen LogP contribution in [0.15, 0.2) is 73.1 Å². The molecule has 0 aliphatic heterocycles. The summed E-state index contributed by atoms with van der Waals surface area (Å²) in [5.41, 5.74) is 15.2. The number of nitrogens with two attached hydrogens (primary N) is 2. The van der Waals surface area contributed by atoms with Gasteiger partial charge in [0.25, 0.3) is 0 Å². The van der Waals surface area contributed by atoms with E-state index in [1.165, 1.54) is 21.8 Å². The number of fused-ring (bicyclic) bond motifs is 2. The van der Waals surface area contributed by atoms with Crippen molar-refractivity contribution < 1.29 is 0 Å². The maximum absolute atomic E-state index is 6.40. The fourth-order valence-electron chi connectivity index (χ4n) is 3.32. The lowest BCUT2D eigenvalue weighted by Gasteiger charge is -2.22. The van der Waals surface area contributed by atoms with Crippen LogP contribution in [0.1, 0.15) is 0 Å². The van der Waals surface area contributed by atoms with Crippen molar-refractivity contribution in [3.63, 3.8) is 0 Å². The molecule has 4 aromatic rings. The number of hydrogen-bond donors (Lipinski definition) is 2. The molecule has 2 heterocycles. The minimum atomic E-state index is -0.109. The normalized spacial score (nSPS) is 14.2. The van der Waals surface area contributed by atoms with Crippen LogP contribution in [0.25, 0.3) is 21.8 Å². The van der Waals surface area contributed by atoms with Gasteiger partial charge in [0.2, 0.25) is 0 Å². The van der Waals surface area contributed by atoms with Gasteiger partial charge in [-0.2, -0.15) is 0 Å². The minimum Gasteiger partial charge on any atom is -0.346 e. The summed E-state index contributed by atoms with van der Waals surface area (Å²) in [4.78, 5) is 0. The molecule has 4 heteroatoms. The van der Waals surface area contributed by atoms with Gasteiger partial charge >= 0.3 is 0 Å². The molecular weight excluding hydrogens is 296 g/mol. The van der Waals surface area contributed by atoms with Gasteiger partial charge in [-0.25, -0.2) is 0 Å². The van der Waals surface area contributed by atoms with Gasteiger partial charge in [0.1, 0.15) is 0 Å². The molecule has 0 unspecified atom stereocenters. The molecular formula is C20H22N4. The van der Waals surface area contributed by atoms with Crippen LogP contribution in [0.3, 0.4) is 0 Å². The zero-order valence-corrected chi connectivity index (χ0v) is 13.5. The Morgan fingerprint density at radius 1 is 0.625 bits per heavy atom. The van der Waals surface area contributed by atoms with Crippen molar-refractivity contribution in [3.8, 4) is 0 Å². The summed E-state index contributed by atoms with van der Waals surface area (Å²) in [7, 11) is 0. The molecule has 0 fully saturated rings. The van der Waals surface area contributed by atoms with Crippen LogP contribution in [0, 0.1) is 0 Å². The Balaban J connectivity index is 1.51. The first-order valence-electron chi connectivity index (χ1n) is 8.31. The molecule has 2 aromatic carbocycles. The van der Waals surface area contributed by atoms with E-state index in [0.29, 0.717) is 13.1 Å². The van der Waals surface area contributed by atoms with Crippen molar-refractivity contribution >= 4 is 21.8 Å². The van der Waals surface area contributed by atoms with Crippen LogP contribution in [0.5, 0.6) is 0 Å². The number of para-hydroxylation sites is 2. The topological polar surface area (TPSA) is 61.9 Å². The van der Waals surface area contributed by atoms with Gasteiger partial charge in [-0.1, -0.05) is 36.4 Å². The molecule has 0 bridgehead atoms. The Hall–Kier alpha value is -2.56. The highest BCUT2D eigenvalue weighted by Crippen LogP contribution is 2.17. The first kappa shape index (κ1) is 15.0. The molecule has 24 heavy (non-hydrogen) atoms. The summed E-state index contributed by atoms with van der Waals surface area (Å²) in [5, 5.41) is 2.46. The third-order valence-corrected chi connectivity index (χ3v) is 4.73. The van der Waals surface area contributed by atoms with Crippen LogP contribution >= 0.6 is 0 Å². The second-order valence-electron chi connectivity index (χ2n) is 6.38. The molecule has 4 rings (SSSR count). The quantitative estimate of drug-likeness (QED) is 0.594. The van der Waals surface area contributed by atoms with Crippen LogP contribution in [0.4, 0.5) is 0 Å². The Labute approximate surface area is 141 Å². The molecule has 0 saturated carbocycles. The molecule has 0 spiro atoms. The second-order valence-corrected chi connectivity index (χ2v) is 6.38. The maximum Gasteiger partial charge on any atom is 0.0480 e. The van der Waals surface area contributed by atoms with E-state index in [2.05, 4.69) is 82.2 Å². The van der Waals surface area contributed by atoms with Crippen molar-refractivity contribution in [3.05, 3.63) is 73.1 Å². The third kappa shape index (κ3) is 2.70. The van der Waals surface area contributed by atoms with Crippen LogP contribution in [0.2, 0.25) is 0 Å². The Bertz CT molecular complexity index is 886. The van der Waals surface area contributed by atoms with E-state index in [9.17, 15) is 0 Å². The zero-order chi connectivity index (χ0) is 16.5. The van der Waals surface area contributed by atoms with Gasteiger partial charge < -0.3 is 20.6 Å². The molecule has 0 amide bonds. The predicted octanol–water partition coefficient (Wildman–Crippen LogP) is 2.95. The smallest absolute Gasteiger partial charge is 0.0480 e. The Morgan fingerprint density at radius 2 is 1.04 bits per heavy atom. The monoisotopic (exact) mass is 318 g/mol. The lowest BCUT2D eigenvalue weighted by molar-refractivity contribution is 0.428. The van der Waals surface area contributed by atoms with Crippen LogP contribution in [-0.2, 0) is 13.1 Å². The standard InChI is InChI=1S/C20H22N4/c21-17(13-23-11-9-15-5-1-3-7-19(15)23)18(22)14-24-12-10-16-6-2-4-8-20(16)24/h1-12,17-18H,13-14,21-22H2/t17-,18-/m1/s1. The summed E-state index contributed by atoms with van der Waals surface area (Å²) in [6.07, 6.45) is 4.17. The summed E-state index contributed by atoms with van der Waals surface area (Å²) in [6, 6.07) is 20.7. The van der Waals surface area contributed by atoms with Crippen molar-refractivity contribution in [2.75, 3.05) is 0 Å². The maximum atomic E-state index is 6.40. The van der Waals surface area contributed by atoms with Crippen molar-refractivity contribution in [1.82, 2.24) is 9.13 Å². The van der Waals surface area contributed by atoms with Crippen molar-refractivity contribution in [2.45, 2.75) is 25.2 Å². The summed E-state index contributed by atoms with van der Waals surface area (Å²) in [5.74, 6) is 0. The molecule has 4 nitrogen and oxygen atoms in total. The van der Waals surface area contributed by atoms with E-state index in [0.717, 1.165) is 0 Å². The van der Waals surface area contributed by atoms with Gasteiger partial charge in [-0.15, -0.1) is 0 Å². The van der Waals surface area contributed by atoms with E-state index in [1.54, 1.807) is 0 Å². The molecule has 2 atom stereocenters. The average Bonchev–Trinajstić information content (AvgIpc) is 3.20. The predicted molar refractivity (Wildman–Crippen MR) is 99.8 cm³/mol. The first-order valence-corrected chi connectivity index (χ1v) is 8.31. The lowest BCUT2D eigenvalue weighted by atomic mass is 10.1. The Morgan fingerprint density at radius 3 is 1.50 bits per heavy atom. The van der Waals surface area contributed by atoms with Gasteiger partial charge in [0, 0.05) is 48.6 Å². The Kier molecular flexibility index (Phi) is 3.84. The van der Waals surface area contributed by atoms with E-state index in [4.69, 9.17) is 11.5 Å². The van der Waals surface area contributed by atoms with E-state index in [1.807, 2.05) is 0 Å². The van der Waals surface area contributed by atoms with Crippen molar-refractivity contribution in [2.24, 2.45) is 11.5 Å². The first-order chi connectivity index (χ1) is 11.7. The molecule has 0 saturated heterocycles. The number of nitrogens with zero attached hydrogens (tertiary/aromatic N) is 2. The molecule has 0 aliphatic rings. The van der Waals surface area contributed by atoms with Crippen LogP contribution in [-0.4, -0.2) is 21.2 Å². The molecule has 4 N–H and O–H groups in total. The number of rotatable bonds is 5. The van der Waals surface area contributed by atoms with E-state index in [-0.39, 0.29) is 12.1 Å². The summed E-state index contributed by atoms with van der Waals surface area (Å²) >= 11 is 0. The number of aromatic nitrogens is 2. The second kappa shape index (κ2) is 6.15. The molecule has 122 valence electrons. The largest absolute Gasteiger partial charge is 0.346 e. The fourth-order valence-corrected chi connectivity index (χ4v) is 3.32. The van der Waals surface area contributed by atoms with Gasteiger partial charge in [0.05, 0.1) is 0 Å².